The van der Waals surface area contributed by atoms with E-state index in [1.54, 1.807) is 23.0 Å². The van der Waals surface area contributed by atoms with Gasteiger partial charge in [-0.2, -0.15) is 0 Å². The Bertz CT molecular complexity index is 962. The van der Waals surface area contributed by atoms with Gasteiger partial charge in [0.25, 0.3) is 5.56 Å². The average molecular weight is 307 g/mol. The van der Waals surface area contributed by atoms with Gasteiger partial charge in [-0.1, -0.05) is 24.3 Å². The molecule has 23 heavy (non-hydrogen) atoms. The summed E-state index contributed by atoms with van der Waals surface area (Å²) in [6.45, 7) is 1.04. The maximum Gasteiger partial charge on any atom is 0.260 e. The van der Waals surface area contributed by atoms with Crippen LogP contribution in [-0.4, -0.2) is 21.2 Å². The Balaban J connectivity index is 2.14. The van der Waals surface area contributed by atoms with Gasteiger partial charge in [-0.15, -0.1) is 0 Å². The first-order valence-corrected chi connectivity index (χ1v) is 7.72. The molecular weight excluding hydrogens is 290 g/mol. The second kappa shape index (κ2) is 5.30. The summed E-state index contributed by atoms with van der Waals surface area (Å²) in [5.41, 5.74) is 8.91. The van der Waals surface area contributed by atoms with E-state index >= 15 is 0 Å². The summed E-state index contributed by atoms with van der Waals surface area (Å²) < 4.78 is 1.74. The molecule has 0 amide bonds. The molecule has 0 radical (unpaired) electrons. The van der Waals surface area contributed by atoms with Gasteiger partial charge in [-0.05, 0) is 30.0 Å². The number of nitrogens with two attached hydrogens (primary N) is 1. The van der Waals surface area contributed by atoms with E-state index < -0.39 is 6.10 Å². The van der Waals surface area contributed by atoms with Crippen LogP contribution in [0.2, 0.25) is 0 Å². The lowest BCUT2D eigenvalue weighted by Gasteiger charge is -2.16. The minimum Gasteiger partial charge on any atom is -0.384 e. The molecule has 0 saturated carbocycles. The predicted molar refractivity (Wildman–Crippen MR) is 89.2 cm³/mol. The fourth-order valence-corrected chi connectivity index (χ4v) is 3.46. The van der Waals surface area contributed by atoms with Crippen molar-refractivity contribution in [2.24, 2.45) is 5.73 Å². The van der Waals surface area contributed by atoms with E-state index in [9.17, 15) is 9.90 Å². The smallest absolute Gasteiger partial charge is 0.260 e. The van der Waals surface area contributed by atoms with Crippen LogP contribution >= 0.6 is 0 Å². The van der Waals surface area contributed by atoms with Crippen LogP contribution in [0.3, 0.4) is 0 Å². The summed E-state index contributed by atoms with van der Waals surface area (Å²) in [5, 5.41) is 12.1. The maximum absolute atomic E-state index is 12.9. The molecule has 1 unspecified atom stereocenters. The molecule has 0 bridgehead atoms. The summed E-state index contributed by atoms with van der Waals surface area (Å²) in [5.74, 6) is 0. The molecule has 1 aliphatic rings. The van der Waals surface area contributed by atoms with Crippen molar-refractivity contribution in [3.63, 3.8) is 0 Å². The zero-order chi connectivity index (χ0) is 16.0. The third kappa shape index (κ3) is 1.94. The maximum atomic E-state index is 12.9. The molecule has 5 heteroatoms. The third-order valence-electron chi connectivity index (χ3n) is 4.48. The number of hydrogen-bond acceptors (Lipinski definition) is 4. The first kappa shape index (κ1) is 14.1. The number of rotatable bonds is 3. The molecule has 1 aromatic carbocycles. The van der Waals surface area contributed by atoms with Crippen molar-refractivity contribution in [3.05, 3.63) is 64.2 Å². The number of benzene rings is 1. The molecule has 0 aliphatic heterocycles. The van der Waals surface area contributed by atoms with Crippen molar-refractivity contribution in [3.8, 4) is 11.3 Å². The zero-order valence-corrected chi connectivity index (χ0v) is 12.6. The van der Waals surface area contributed by atoms with Gasteiger partial charge >= 0.3 is 0 Å². The Hall–Kier alpha value is -2.50. The van der Waals surface area contributed by atoms with Gasteiger partial charge in [0.05, 0.1) is 11.1 Å². The van der Waals surface area contributed by atoms with E-state index in [4.69, 9.17) is 5.73 Å². The van der Waals surface area contributed by atoms with Crippen molar-refractivity contribution in [1.82, 2.24) is 9.55 Å². The Morgan fingerprint density at radius 1 is 1.22 bits per heavy atom. The van der Waals surface area contributed by atoms with E-state index in [1.807, 2.05) is 24.3 Å². The van der Waals surface area contributed by atoms with E-state index in [2.05, 4.69) is 4.98 Å². The van der Waals surface area contributed by atoms with Gasteiger partial charge in [0, 0.05) is 30.1 Å². The van der Waals surface area contributed by atoms with Crippen LogP contribution in [0.4, 0.5) is 0 Å². The minimum absolute atomic E-state index is 0.0794. The summed E-state index contributed by atoms with van der Waals surface area (Å²) in [6.07, 6.45) is 3.21. The van der Waals surface area contributed by atoms with Gasteiger partial charge < -0.3 is 15.4 Å². The van der Waals surface area contributed by atoms with Crippen molar-refractivity contribution >= 4 is 10.8 Å². The topological polar surface area (TPSA) is 81.1 Å². The van der Waals surface area contributed by atoms with E-state index in [-0.39, 0.29) is 5.56 Å². The number of fused-ring (bicyclic) bond motifs is 5. The number of aromatic nitrogens is 2. The fraction of sp³-hybridized carbons (Fsp3) is 0.222. The fourth-order valence-electron chi connectivity index (χ4n) is 3.46. The van der Waals surface area contributed by atoms with Crippen LogP contribution in [0.25, 0.3) is 22.0 Å². The van der Waals surface area contributed by atoms with E-state index in [0.29, 0.717) is 24.9 Å². The van der Waals surface area contributed by atoms with Crippen LogP contribution < -0.4 is 11.3 Å². The lowest BCUT2D eigenvalue weighted by molar-refractivity contribution is 0.226. The molecule has 3 aromatic rings. The molecule has 5 nitrogen and oxygen atoms in total. The summed E-state index contributed by atoms with van der Waals surface area (Å²) in [7, 11) is 0. The lowest BCUT2D eigenvalue weighted by Crippen LogP contribution is -2.24. The first-order valence-electron chi connectivity index (χ1n) is 7.72. The first-order chi connectivity index (χ1) is 11.2. The number of nitrogens with zero attached hydrogens (tertiary/aromatic N) is 2. The lowest BCUT2D eigenvalue weighted by atomic mass is 10.0. The van der Waals surface area contributed by atoms with Crippen LogP contribution in [-0.2, 0) is 6.54 Å². The summed E-state index contributed by atoms with van der Waals surface area (Å²) in [4.78, 5) is 17.0. The summed E-state index contributed by atoms with van der Waals surface area (Å²) >= 11 is 0. The molecule has 0 saturated heterocycles. The Morgan fingerprint density at radius 2 is 2.04 bits per heavy atom. The number of hydrogen-bond donors (Lipinski definition) is 2. The van der Waals surface area contributed by atoms with Crippen molar-refractivity contribution < 1.29 is 5.11 Å². The Labute approximate surface area is 133 Å². The second-order valence-electron chi connectivity index (χ2n) is 5.77. The van der Waals surface area contributed by atoms with Crippen LogP contribution in [0.1, 0.15) is 23.7 Å². The number of aliphatic hydroxyl groups is 1. The van der Waals surface area contributed by atoms with Crippen LogP contribution in [0, 0.1) is 0 Å². The van der Waals surface area contributed by atoms with Crippen molar-refractivity contribution in [2.45, 2.75) is 19.1 Å². The van der Waals surface area contributed by atoms with Crippen LogP contribution in [0.15, 0.2) is 47.5 Å². The van der Waals surface area contributed by atoms with Gasteiger partial charge in [-0.3, -0.25) is 9.78 Å². The highest BCUT2D eigenvalue weighted by atomic mass is 16.3. The SMILES string of the molecule is NCCCn1c2c(c3ccncc3c1=O)C(O)c1ccccc1-2. The second-order valence-corrected chi connectivity index (χ2v) is 5.77. The molecule has 0 spiro atoms. The molecular formula is C18H17N3O2. The zero-order valence-electron chi connectivity index (χ0n) is 12.6. The highest BCUT2D eigenvalue weighted by Gasteiger charge is 2.32. The van der Waals surface area contributed by atoms with E-state index in [0.717, 1.165) is 27.8 Å². The molecule has 1 atom stereocenters. The molecule has 4 rings (SSSR count). The van der Waals surface area contributed by atoms with Crippen LogP contribution in [0.5, 0.6) is 0 Å². The number of pyridine rings is 2. The predicted octanol–water partition coefficient (Wildman–Crippen LogP) is 1.81. The quantitative estimate of drug-likeness (QED) is 0.773. The Kier molecular flexibility index (Phi) is 3.25. The standard InChI is InChI=1S/C18H17N3O2/c19-7-3-9-21-16-12-4-1-2-5-13(12)17(22)15(16)11-6-8-20-10-14(11)18(21)23/h1-2,4-6,8,10,17,22H,3,7,9,19H2. The largest absolute Gasteiger partial charge is 0.384 e. The van der Waals surface area contributed by atoms with Gasteiger partial charge in [0.2, 0.25) is 0 Å². The van der Waals surface area contributed by atoms with Gasteiger partial charge in [0.15, 0.2) is 0 Å². The highest BCUT2D eigenvalue weighted by molar-refractivity contribution is 5.93. The van der Waals surface area contributed by atoms with Crippen molar-refractivity contribution in [2.75, 3.05) is 6.54 Å². The van der Waals surface area contributed by atoms with E-state index in [1.165, 1.54) is 0 Å². The minimum atomic E-state index is -0.726. The molecule has 2 heterocycles. The normalized spacial score (nSPS) is 15.7. The Morgan fingerprint density at radius 3 is 2.87 bits per heavy atom. The molecule has 3 N–H and O–H groups in total. The number of aliphatic hydroxyl groups excluding tert-OH is 1. The third-order valence-corrected chi connectivity index (χ3v) is 4.48. The highest BCUT2D eigenvalue weighted by Crippen LogP contribution is 2.45. The van der Waals surface area contributed by atoms with Gasteiger partial charge in [0.1, 0.15) is 6.10 Å². The molecule has 116 valence electrons. The monoisotopic (exact) mass is 307 g/mol. The molecule has 0 fully saturated rings. The van der Waals surface area contributed by atoms with Gasteiger partial charge in [-0.25, -0.2) is 0 Å². The summed E-state index contributed by atoms with van der Waals surface area (Å²) in [6, 6.07) is 9.49. The molecule has 2 aromatic heterocycles. The molecule has 1 aliphatic carbocycles. The van der Waals surface area contributed by atoms with Crippen molar-refractivity contribution in [1.29, 1.82) is 0 Å². The average Bonchev–Trinajstić information content (AvgIpc) is 2.89.